The molecule has 0 spiro atoms. The number of nitrogens with zero attached hydrogens (tertiary/aromatic N) is 2. The number of carbonyl (C=O) groups excluding carboxylic acids is 1. The number of benzene rings is 3. The van der Waals surface area contributed by atoms with Crippen LogP contribution >= 0.6 is 11.8 Å². The molecule has 2 unspecified atom stereocenters. The van der Waals surface area contributed by atoms with E-state index in [2.05, 4.69) is 15.5 Å². The summed E-state index contributed by atoms with van der Waals surface area (Å²) >= 11 is 1.14. The largest absolute Gasteiger partial charge is 0.478 e. The molecule has 0 bridgehead atoms. The number of hydrogen-bond donors (Lipinski definition) is 1. The summed E-state index contributed by atoms with van der Waals surface area (Å²) in [5.74, 6) is -0.176. The summed E-state index contributed by atoms with van der Waals surface area (Å²) in [5.41, 5.74) is 1.06. The average molecular weight is 452 g/mol. The van der Waals surface area contributed by atoms with Gasteiger partial charge in [0.1, 0.15) is 0 Å². The molecule has 0 aliphatic rings. The molecule has 0 saturated carbocycles. The molecule has 0 aliphatic heterocycles. The summed E-state index contributed by atoms with van der Waals surface area (Å²) in [4.78, 5) is 12.5. The van der Waals surface area contributed by atoms with Crippen molar-refractivity contribution >= 4 is 28.4 Å². The van der Waals surface area contributed by atoms with E-state index in [1.165, 1.54) is 12.1 Å². The number of fused-ring (bicyclic) bond motifs is 1. The third-order valence-electron chi connectivity index (χ3n) is 4.90. The van der Waals surface area contributed by atoms with Crippen molar-refractivity contribution in [1.29, 1.82) is 0 Å². The van der Waals surface area contributed by atoms with Gasteiger partial charge in [-0.2, -0.15) is 0 Å². The zero-order chi connectivity index (χ0) is 22.5. The molecule has 0 fully saturated rings. The number of halogens is 1. The molecule has 3 aromatic carbocycles. The highest BCUT2D eigenvalue weighted by molar-refractivity contribution is 7.99. The average Bonchev–Trinajstić information content (AvgIpc) is 3.28. The first-order valence-electron chi connectivity index (χ1n) is 10.2. The van der Waals surface area contributed by atoms with Gasteiger partial charge in [-0.3, -0.25) is 4.79 Å². The normalized spacial score (nSPS) is 13.0. The van der Waals surface area contributed by atoms with Crippen molar-refractivity contribution in [2.45, 2.75) is 31.2 Å². The molecule has 1 amide bonds. The van der Waals surface area contributed by atoms with Crippen molar-refractivity contribution < 1.29 is 18.3 Å². The molecule has 0 saturated heterocycles. The van der Waals surface area contributed by atoms with E-state index in [-0.39, 0.29) is 34.6 Å². The number of hydrogen-bond acceptors (Lipinski definition) is 6. The molecule has 4 aromatic rings. The number of nitrogens with one attached hydrogen (secondary N) is 1. The lowest BCUT2D eigenvalue weighted by molar-refractivity contribution is -0.119. The van der Waals surface area contributed by atoms with Gasteiger partial charge in [0, 0.05) is 0 Å². The fourth-order valence-corrected chi connectivity index (χ4v) is 3.92. The Labute approximate surface area is 189 Å². The molecular weight excluding hydrogens is 429 g/mol. The lowest BCUT2D eigenvalue weighted by atomic mass is 10.00. The topological polar surface area (TPSA) is 77.2 Å². The third-order valence-corrected chi connectivity index (χ3v) is 5.72. The Morgan fingerprint density at radius 3 is 2.66 bits per heavy atom. The number of thioether (sulfide) groups is 1. The van der Waals surface area contributed by atoms with Gasteiger partial charge in [-0.25, -0.2) is 4.39 Å². The predicted octanol–water partition coefficient (Wildman–Crippen LogP) is 5.47. The van der Waals surface area contributed by atoms with Crippen LogP contribution in [0.4, 0.5) is 4.39 Å². The zero-order valence-electron chi connectivity index (χ0n) is 17.6. The summed E-state index contributed by atoms with van der Waals surface area (Å²) in [6.07, 6.45) is -0.631. The third kappa shape index (κ3) is 5.08. The highest BCUT2D eigenvalue weighted by atomic mass is 32.2. The summed E-state index contributed by atoms with van der Waals surface area (Å²) in [5, 5.41) is 13.4. The number of amides is 1. The quantitative estimate of drug-likeness (QED) is 0.358. The standard InChI is InChI=1S/C24H22FN3O3S/c1-15(18-11-7-9-17-8-3-4-10-19(17)18)26-22(29)14-32-24-28-27-23(31-24)16(2)30-21-13-6-5-12-20(21)25/h3-13,15-16H,14H2,1-2H3,(H,26,29). The van der Waals surface area contributed by atoms with Crippen LogP contribution in [0.3, 0.4) is 0 Å². The summed E-state index contributed by atoms with van der Waals surface area (Å²) < 4.78 is 24.9. The van der Waals surface area contributed by atoms with Crippen LogP contribution in [-0.2, 0) is 4.79 Å². The van der Waals surface area contributed by atoms with E-state index in [1.54, 1.807) is 19.1 Å². The minimum Gasteiger partial charge on any atom is -0.478 e. The maximum absolute atomic E-state index is 13.8. The van der Waals surface area contributed by atoms with E-state index >= 15 is 0 Å². The monoisotopic (exact) mass is 451 g/mol. The summed E-state index contributed by atoms with van der Waals surface area (Å²) in [7, 11) is 0. The van der Waals surface area contributed by atoms with Gasteiger partial charge in [0.15, 0.2) is 17.7 Å². The molecule has 8 heteroatoms. The van der Waals surface area contributed by atoms with E-state index in [0.717, 1.165) is 28.1 Å². The molecular formula is C24H22FN3O3S. The maximum Gasteiger partial charge on any atom is 0.277 e. The fourth-order valence-electron chi connectivity index (χ4n) is 3.34. The van der Waals surface area contributed by atoms with Gasteiger partial charge in [0.2, 0.25) is 5.91 Å². The van der Waals surface area contributed by atoms with Crippen molar-refractivity contribution in [2.75, 3.05) is 5.75 Å². The fraction of sp³-hybridized carbons (Fsp3) is 0.208. The lowest BCUT2D eigenvalue weighted by Gasteiger charge is -2.16. The Hall–Kier alpha value is -3.39. The Bertz CT molecular complexity index is 1220. The molecule has 1 N–H and O–H groups in total. The van der Waals surface area contributed by atoms with Crippen LogP contribution in [-0.4, -0.2) is 21.9 Å². The first kappa shape index (κ1) is 21.8. The van der Waals surface area contributed by atoms with E-state index in [0.29, 0.717) is 0 Å². The SMILES string of the molecule is CC(NC(=O)CSc1nnc(C(C)Oc2ccccc2F)o1)c1cccc2ccccc12. The minimum absolute atomic E-state index is 0.106. The van der Waals surface area contributed by atoms with Crippen molar-refractivity contribution in [2.24, 2.45) is 0 Å². The van der Waals surface area contributed by atoms with Gasteiger partial charge in [0.05, 0.1) is 11.8 Å². The van der Waals surface area contributed by atoms with Gasteiger partial charge >= 0.3 is 0 Å². The van der Waals surface area contributed by atoms with Crippen molar-refractivity contribution in [1.82, 2.24) is 15.5 Å². The number of aromatic nitrogens is 2. The molecule has 1 aromatic heterocycles. The van der Waals surface area contributed by atoms with E-state index in [9.17, 15) is 9.18 Å². The van der Waals surface area contributed by atoms with Crippen LogP contribution < -0.4 is 10.1 Å². The molecule has 164 valence electrons. The molecule has 32 heavy (non-hydrogen) atoms. The van der Waals surface area contributed by atoms with Crippen molar-refractivity contribution in [3.8, 4) is 5.75 Å². The van der Waals surface area contributed by atoms with Crippen molar-refractivity contribution in [3.63, 3.8) is 0 Å². The van der Waals surface area contributed by atoms with E-state index < -0.39 is 11.9 Å². The highest BCUT2D eigenvalue weighted by Gasteiger charge is 2.19. The molecule has 2 atom stereocenters. The van der Waals surface area contributed by atoms with Gasteiger partial charge in [-0.1, -0.05) is 66.4 Å². The molecule has 0 aliphatic carbocycles. The Kier molecular flexibility index (Phi) is 6.70. The second-order valence-electron chi connectivity index (χ2n) is 7.24. The van der Waals surface area contributed by atoms with Gasteiger partial charge in [-0.15, -0.1) is 10.2 Å². The first-order valence-corrected chi connectivity index (χ1v) is 11.1. The predicted molar refractivity (Wildman–Crippen MR) is 121 cm³/mol. The second kappa shape index (κ2) is 9.82. The first-order chi connectivity index (χ1) is 15.5. The van der Waals surface area contributed by atoms with Crippen molar-refractivity contribution in [3.05, 3.63) is 84.0 Å². The summed E-state index contributed by atoms with van der Waals surface area (Å²) in [6.45, 7) is 3.64. The van der Waals surface area contributed by atoms with Gasteiger partial charge < -0.3 is 14.5 Å². The number of rotatable bonds is 8. The minimum atomic E-state index is -0.631. The van der Waals surface area contributed by atoms with Crippen LogP contribution in [0.1, 0.15) is 37.4 Å². The van der Waals surface area contributed by atoms with E-state index in [4.69, 9.17) is 9.15 Å². The van der Waals surface area contributed by atoms with Crippen LogP contribution in [0.5, 0.6) is 5.75 Å². The van der Waals surface area contributed by atoms with Gasteiger partial charge in [0.25, 0.3) is 11.1 Å². The van der Waals surface area contributed by atoms with Crippen LogP contribution in [0, 0.1) is 5.82 Å². The van der Waals surface area contributed by atoms with Crippen LogP contribution in [0.2, 0.25) is 0 Å². The summed E-state index contributed by atoms with van der Waals surface area (Å²) in [6, 6.07) is 20.1. The molecule has 1 heterocycles. The van der Waals surface area contributed by atoms with Crippen LogP contribution in [0.15, 0.2) is 76.4 Å². The highest BCUT2D eigenvalue weighted by Crippen LogP contribution is 2.26. The maximum atomic E-state index is 13.8. The number of para-hydroxylation sites is 1. The smallest absolute Gasteiger partial charge is 0.277 e. The molecule has 0 radical (unpaired) electrons. The zero-order valence-corrected chi connectivity index (χ0v) is 18.4. The van der Waals surface area contributed by atoms with Crippen LogP contribution in [0.25, 0.3) is 10.8 Å². The lowest BCUT2D eigenvalue weighted by Crippen LogP contribution is -2.28. The molecule has 4 rings (SSSR count). The van der Waals surface area contributed by atoms with E-state index in [1.807, 2.05) is 49.4 Å². The Morgan fingerprint density at radius 1 is 1.06 bits per heavy atom. The second-order valence-corrected chi connectivity index (χ2v) is 8.17. The number of ether oxygens (including phenoxy) is 1. The molecule has 6 nitrogen and oxygen atoms in total. The Balaban J connectivity index is 1.32. The number of carbonyl (C=O) groups is 1. The van der Waals surface area contributed by atoms with Gasteiger partial charge in [-0.05, 0) is 42.3 Å². The Morgan fingerprint density at radius 2 is 1.81 bits per heavy atom.